The number of methoxy groups -OCH3 is 2. The molecule has 2 aromatic carbocycles. The Kier molecular flexibility index (Phi) is 6.59. The lowest BCUT2D eigenvalue weighted by Crippen LogP contribution is -2.43. The molecule has 9 heteroatoms. The van der Waals surface area contributed by atoms with Crippen molar-refractivity contribution in [2.75, 3.05) is 32.2 Å². The summed E-state index contributed by atoms with van der Waals surface area (Å²) >= 11 is 1.64. The molecule has 35 heavy (non-hydrogen) atoms. The lowest BCUT2D eigenvalue weighted by molar-refractivity contribution is -0.125. The molecule has 0 saturated carbocycles. The maximum absolute atomic E-state index is 13.0. The van der Waals surface area contributed by atoms with Gasteiger partial charge in [-0.05, 0) is 61.7 Å². The minimum absolute atomic E-state index is 0.0689. The summed E-state index contributed by atoms with van der Waals surface area (Å²) in [4.78, 5) is 20.1. The van der Waals surface area contributed by atoms with Crippen LogP contribution in [0.1, 0.15) is 24.1 Å². The van der Waals surface area contributed by atoms with Gasteiger partial charge < -0.3 is 19.7 Å². The number of carbonyl (C=O) groups is 1. The van der Waals surface area contributed by atoms with Crippen molar-refractivity contribution in [2.45, 2.75) is 26.3 Å². The number of nitrogens with one attached hydrogen (secondary N) is 1. The molecular weight excluding hydrogens is 462 g/mol. The van der Waals surface area contributed by atoms with Crippen LogP contribution in [0.5, 0.6) is 11.5 Å². The number of hydrogen-bond acceptors (Lipinski definition) is 7. The smallest absolute Gasteiger partial charge is 0.225 e. The molecule has 5 rings (SSSR count). The fraction of sp³-hybridized carbons (Fsp3) is 0.346. The maximum atomic E-state index is 13.0. The van der Waals surface area contributed by atoms with E-state index in [9.17, 15) is 4.79 Å². The molecule has 1 saturated heterocycles. The molecule has 1 aliphatic rings. The predicted octanol–water partition coefficient (Wildman–Crippen LogP) is 4.34. The molecule has 1 amide bonds. The van der Waals surface area contributed by atoms with E-state index in [1.807, 2.05) is 60.1 Å². The van der Waals surface area contributed by atoms with Gasteiger partial charge in [-0.2, -0.15) is 10.1 Å². The van der Waals surface area contributed by atoms with Crippen LogP contribution >= 0.6 is 11.3 Å². The van der Waals surface area contributed by atoms with E-state index in [1.165, 1.54) is 0 Å². The van der Waals surface area contributed by atoms with E-state index in [2.05, 4.69) is 10.2 Å². The van der Waals surface area contributed by atoms with Crippen LogP contribution in [0.2, 0.25) is 0 Å². The van der Waals surface area contributed by atoms with Gasteiger partial charge in [0.15, 0.2) is 10.8 Å². The molecule has 4 aromatic rings. The van der Waals surface area contributed by atoms with Crippen LogP contribution in [0.4, 0.5) is 5.13 Å². The van der Waals surface area contributed by atoms with Crippen molar-refractivity contribution in [3.8, 4) is 17.2 Å². The summed E-state index contributed by atoms with van der Waals surface area (Å²) in [5.74, 6) is 1.61. The van der Waals surface area contributed by atoms with Crippen LogP contribution in [0.25, 0.3) is 16.0 Å². The monoisotopic (exact) mass is 491 g/mol. The van der Waals surface area contributed by atoms with Crippen LogP contribution in [0.15, 0.2) is 48.5 Å². The first-order chi connectivity index (χ1) is 17.1. The van der Waals surface area contributed by atoms with Crippen LogP contribution in [-0.4, -0.2) is 48.0 Å². The Morgan fingerprint density at radius 3 is 2.71 bits per heavy atom. The summed E-state index contributed by atoms with van der Waals surface area (Å²) in [5, 5.41) is 8.74. The van der Waals surface area contributed by atoms with Crippen molar-refractivity contribution >= 4 is 32.7 Å². The fourth-order valence-corrected chi connectivity index (χ4v) is 5.46. The van der Waals surface area contributed by atoms with E-state index < -0.39 is 0 Å². The predicted molar refractivity (Wildman–Crippen MR) is 138 cm³/mol. The third-order valence-electron chi connectivity index (χ3n) is 6.36. The normalized spacial score (nSPS) is 15.9. The molecule has 1 aliphatic heterocycles. The van der Waals surface area contributed by atoms with E-state index in [0.717, 1.165) is 63.3 Å². The number of fused-ring (bicyclic) bond motifs is 1. The number of nitrogens with zero attached hydrogens (tertiary/aromatic N) is 4. The van der Waals surface area contributed by atoms with Crippen molar-refractivity contribution in [3.05, 3.63) is 59.8 Å². The Bertz CT molecular complexity index is 1330. The molecule has 0 aliphatic carbocycles. The lowest BCUT2D eigenvalue weighted by atomic mass is 9.97. The number of hydrogen-bond donors (Lipinski definition) is 1. The Balaban J connectivity index is 1.30. The van der Waals surface area contributed by atoms with Gasteiger partial charge in [-0.3, -0.25) is 4.79 Å². The average Bonchev–Trinajstić information content (AvgIpc) is 3.48. The number of benzene rings is 2. The first-order valence-corrected chi connectivity index (χ1v) is 12.5. The Morgan fingerprint density at radius 1 is 1.14 bits per heavy atom. The zero-order valence-corrected chi connectivity index (χ0v) is 21.0. The second-order valence-electron chi connectivity index (χ2n) is 8.70. The zero-order valence-electron chi connectivity index (χ0n) is 20.2. The Labute approximate surface area is 208 Å². The Morgan fingerprint density at radius 2 is 1.94 bits per heavy atom. The van der Waals surface area contributed by atoms with Gasteiger partial charge in [0.1, 0.15) is 11.5 Å². The molecule has 2 aromatic heterocycles. The van der Waals surface area contributed by atoms with Gasteiger partial charge >= 0.3 is 0 Å². The minimum Gasteiger partial charge on any atom is -0.497 e. The highest BCUT2D eigenvalue weighted by Crippen LogP contribution is 2.34. The molecule has 0 spiro atoms. The summed E-state index contributed by atoms with van der Waals surface area (Å²) in [7, 11) is 3.30. The largest absolute Gasteiger partial charge is 0.497 e. The van der Waals surface area contributed by atoms with Crippen molar-refractivity contribution in [3.63, 3.8) is 0 Å². The first kappa shape index (κ1) is 23.2. The zero-order chi connectivity index (χ0) is 24.4. The van der Waals surface area contributed by atoms with Crippen LogP contribution in [0, 0.1) is 12.8 Å². The van der Waals surface area contributed by atoms with Crippen LogP contribution in [-0.2, 0) is 11.3 Å². The third-order valence-corrected chi connectivity index (χ3v) is 7.57. The number of piperidine rings is 1. The number of ether oxygens (including phenoxy) is 2. The lowest BCUT2D eigenvalue weighted by Gasteiger charge is -2.31. The highest BCUT2D eigenvalue weighted by Gasteiger charge is 2.28. The number of aromatic nitrogens is 3. The van der Waals surface area contributed by atoms with Gasteiger partial charge in [0.2, 0.25) is 5.91 Å². The van der Waals surface area contributed by atoms with Gasteiger partial charge in [0.05, 0.1) is 36.2 Å². The number of anilines is 1. The summed E-state index contributed by atoms with van der Waals surface area (Å²) < 4.78 is 13.5. The van der Waals surface area contributed by atoms with E-state index in [4.69, 9.17) is 19.6 Å². The standard InChI is InChI=1S/C26H29N5O3S/c1-17-23-24(31(29-17)20-9-11-21(33-2)12-10-20)28-26(35-23)30-13-5-7-19(16-30)25(32)27-15-18-6-4-8-22(14-18)34-3/h4,6,8-12,14,19H,5,7,13,15-16H2,1-3H3,(H,27,32)/t19-/m1/s1. The minimum atomic E-state index is -0.0689. The molecule has 1 N–H and O–H groups in total. The maximum Gasteiger partial charge on any atom is 0.225 e. The second kappa shape index (κ2) is 9.95. The van der Waals surface area contributed by atoms with E-state index in [-0.39, 0.29) is 11.8 Å². The van der Waals surface area contributed by atoms with Crippen molar-refractivity contribution in [1.29, 1.82) is 0 Å². The molecule has 0 bridgehead atoms. The van der Waals surface area contributed by atoms with Gasteiger partial charge in [-0.15, -0.1) is 0 Å². The molecule has 0 unspecified atom stereocenters. The molecular formula is C26H29N5O3S. The topological polar surface area (TPSA) is 81.5 Å². The SMILES string of the molecule is COc1ccc(-n2nc(C)c3sc(N4CCC[C@@H](C(=O)NCc5cccc(OC)c5)C4)nc32)cc1. The van der Waals surface area contributed by atoms with Gasteiger partial charge in [-0.1, -0.05) is 23.5 Å². The van der Waals surface area contributed by atoms with Crippen molar-refractivity contribution in [1.82, 2.24) is 20.1 Å². The fourth-order valence-electron chi connectivity index (χ4n) is 4.44. The Hall–Kier alpha value is -3.59. The second-order valence-corrected chi connectivity index (χ2v) is 9.68. The van der Waals surface area contributed by atoms with E-state index >= 15 is 0 Å². The number of carbonyl (C=O) groups excluding carboxylic acids is 1. The highest BCUT2D eigenvalue weighted by atomic mass is 32.1. The van der Waals surface area contributed by atoms with Gasteiger partial charge in [0.25, 0.3) is 0 Å². The average molecular weight is 492 g/mol. The first-order valence-electron chi connectivity index (χ1n) is 11.7. The van der Waals surface area contributed by atoms with E-state index in [1.54, 1.807) is 25.6 Å². The van der Waals surface area contributed by atoms with Crippen molar-refractivity contribution < 1.29 is 14.3 Å². The molecule has 0 radical (unpaired) electrons. The molecule has 8 nitrogen and oxygen atoms in total. The molecule has 1 atom stereocenters. The summed E-state index contributed by atoms with van der Waals surface area (Å²) in [6.45, 7) is 4.06. The quantitative estimate of drug-likeness (QED) is 0.414. The summed E-state index contributed by atoms with van der Waals surface area (Å²) in [6, 6.07) is 15.6. The number of amides is 1. The third kappa shape index (κ3) is 4.81. The highest BCUT2D eigenvalue weighted by molar-refractivity contribution is 7.22. The molecule has 1 fully saturated rings. The number of rotatable bonds is 7. The van der Waals surface area contributed by atoms with Crippen LogP contribution < -0.4 is 19.7 Å². The van der Waals surface area contributed by atoms with Gasteiger partial charge in [0, 0.05) is 19.6 Å². The van der Waals surface area contributed by atoms with Gasteiger partial charge in [-0.25, -0.2) is 4.68 Å². The van der Waals surface area contributed by atoms with E-state index in [0.29, 0.717) is 13.1 Å². The summed E-state index contributed by atoms with van der Waals surface area (Å²) in [6.07, 6.45) is 1.83. The number of aryl methyl sites for hydroxylation is 1. The number of thiazole rings is 1. The molecule has 182 valence electrons. The summed E-state index contributed by atoms with van der Waals surface area (Å²) in [5.41, 5.74) is 3.76. The molecule has 3 heterocycles. The van der Waals surface area contributed by atoms with Crippen molar-refractivity contribution in [2.24, 2.45) is 5.92 Å². The van der Waals surface area contributed by atoms with Crippen LogP contribution in [0.3, 0.4) is 0 Å².